The Morgan fingerprint density at radius 1 is 1.57 bits per heavy atom. The standard InChI is InChI=1S/C10H12FNO2/c1-6-7(11)2-3-8(13)10(6)9(14)4-5-12/h2-3,13H,4-5,12H2,1H3. The molecule has 4 heteroatoms. The van der Waals surface area contributed by atoms with Crippen LogP contribution in [0.3, 0.4) is 0 Å². The molecular weight excluding hydrogens is 185 g/mol. The molecule has 1 rings (SSSR count). The molecule has 0 unspecified atom stereocenters. The van der Waals surface area contributed by atoms with Gasteiger partial charge in [0.15, 0.2) is 5.78 Å². The van der Waals surface area contributed by atoms with Crippen molar-refractivity contribution in [2.24, 2.45) is 5.73 Å². The first-order valence-corrected chi connectivity index (χ1v) is 4.29. The molecule has 0 aliphatic rings. The third-order valence-electron chi connectivity index (χ3n) is 2.03. The zero-order valence-electron chi connectivity index (χ0n) is 7.88. The van der Waals surface area contributed by atoms with Crippen LogP contribution < -0.4 is 5.73 Å². The van der Waals surface area contributed by atoms with Crippen LogP contribution >= 0.6 is 0 Å². The molecule has 0 aromatic heterocycles. The van der Waals surface area contributed by atoms with E-state index in [1.54, 1.807) is 0 Å². The second-order valence-corrected chi connectivity index (χ2v) is 3.03. The van der Waals surface area contributed by atoms with Gasteiger partial charge in [-0.15, -0.1) is 0 Å². The first kappa shape index (κ1) is 10.7. The van der Waals surface area contributed by atoms with Crippen molar-refractivity contribution >= 4 is 5.78 Å². The van der Waals surface area contributed by atoms with Crippen LogP contribution in [0.2, 0.25) is 0 Å². The Morgan fingerprint density at radius 3 is 2.79 bits per heavy atom. The van der Waals surface area contributed by atoms with Gasteiger partial charge in [-0.3, -0.25) is 4.79 Å². The Bertz CT molecular complexity index is 363. The van der Waals surface area contributed by atoms with Crippen molar-refractivity contribution in [3.63, 3.8) is 0 Å². The maximum atomic E-state index is 13.1. The molecule has 0 amide bonds. The zero-order valence-corrected chi connectivity index (χ0v) is 7.88. The van der Waals surface area contributed by atoms with Crippen LogP contribution in [0.1, 0.15) is 22.3 Å². The van der Waals surface area contributed by atoms with Crippen LogP contribution in [0.15, 0.2) is 12.1 Å². The molecule has 0 saturated heterocycles. The van der Waals surface area contributed by atoms with Gasteiger partial charge in [-0.25, -0.2) is 4.39 Å². The summed E-state index contributed by atoms with van der Waals surface area (Å²) >= 11 is 0. The van der Waals surface area contributed by atoms with Crippen LogP contribution in [-0.2, 0) is 0 Å². The van der Waals surface area contributed by atoms with Crippen LogP contribution in [0, 0.1) is 12.7 Å². The number of carbonyl (C=O) groups is 1. The molecule has 14 heavy (non-hydrogen) atoms. The lowest BCUT2D eigenvalue weighted by Gasteiger charge is -2.07. The maximum absolute atomic E-state index is 13.1. The Morgan fingerprint density at radius 2 is 2.21 bits per heavy atom. The highest BCUT2D eigenvalue weighted by Gasteiger charge is 2.15. The van der Waals surface area contributed by atoms with Gasteiger partial charge in [0.2, 0.25) is 0 Å². The molecule has 0 spiro atoms. The highest BCUT2D eigenvalue weighted by Crippen LogP contribution is 2.24. The quantitative estimate of drug-likeness (QED) is 0.719. The minimum atomic E-state index is -0.497. The van der Waals surface area contributed by atoms with E-state index in [1.165, 1.54) is 13.0 Å². The number of hydrogen-bond acceptors (Lipinski definition) is 3. The minimum Gasteiger partial charge on any atom is -0.507 e. The van der Waals surface area contributed by atoms with Crippen LogP contribution in [0.25, 0.3) is 0 Å². The van der Waals surface area contributed by atoms with Gasteiger partial charge in [-0.1, -0.05) is 0 Å². The lowest BCUT2D eigenvalue weighted by molar-refractivity contribution is 0.0981. The summed E-state index contributed by atoms with van der Waals surface area (Å²) in [4.78, 5) is 11.4. The van der Waals surface area contributed by atoms with Crippen molar-refractivity contribution in [3.05, 3.63) is 29.1 Å². The Labute approximate surface area is 81.4 Å². The number of carbonyl (C=O) groups excluding carboxylic acids is 1. The zero-order chi connectivity index (χ0) is 10.7. The number of ketones is 1. The predicted molar refractivity (Wildman–Crippen MR) is 50.8 cm³/mol. The third kappa shape index (κ3) is 1.90. The van der Waals surface area contributed by atoms with Crippen molar-refractivity contribution < 1.29 is 14.3 Å². The van der Waals surface area contributed by atoms with Gasteiger partial charge in [0.1, 0.15) is 11.6 Å². The fraction of sp³-hybridized carbons (Fsp3) is 0.300. The molecule has 3 nitrogen and oxygen atoms in total. The topological polar surface area (TPSA) is 63.3 Å². The molecule has 0 heterocycles. The Hall–Kier alpha value is -1.42. The van der Waals surface area contributed by atoms with Crippen molar-refractivity contribution in [1.82, 2.24) is 0 Å². The van der Waals surface area contributed by atoms with Crippen molar-refractivity contribution in [2.75, 3.05) is 6.54 Å². The summed E-state index contributed by atoms with van der Waals surface area (Å²) in [5.74, 6) is -1.02. The summed E-state index contributed by atoms with van der Waals surface area (Å²) < 4.78 is 13.1. The summed E-state index contributed by atoms with van der Waals surface area (Å²) in [6.45, 7) is 1.65. The summed E-state index contributed by atoms with van der Waals surface area (Å²) in [7, 11) is 0. The van der Waals surface area contributed by atoms with Gasteiger partial charge >= 0.3 is 0 Å². The van der Waals surface area contributed by atoms with E-state index in [-0.39, 0.29) is 35.6 Å². The molecule has 1 aromatic rings. The third-order valence-corrected chi connectivity index (χ3v) is 2.03. The Balaban J connectivity index is 3.18. The minimum absolute atomic E-state index is 0.0375. The lowest BCUT2D eigenvalue weighted by Crippen LogP contribution is -2.10. The fourth-order valence-corrected chi connectivity index (χ4v) is 1.28. The fourth-order valence-electron chi connectivity index (χ4n) is 1.28. The molecule has 0 radical (unpaired) electrons. The smallest absolute Gasteiger partial charge is 0.168 e. The first-order chi connectivity index (χ1) is 6.57. The van der Waals surface area contributed by atoms with Crippen molar-refractivity contribution in [3.8, 4) is 5.75 Å². The number of hydrogen-bond donors (Lipinski definition) is 2. The van der Waals surface area contributed by atoms with Crippen molar-refractivity contribution in [2.45, 2.75) is 13.3 Å². The molecule has 0 bridgehead atoms. The van der Waals surface area contributed by atoms with Gasteiger partial charge in [0, 0.05) is 6.42 Å². The highest BCUT2D eigenvalue weighted by atomic mass is 19.1. The number of nitrogens with two attached hydrogens (primary N) is 1. The molecule has 0 fully saturated rings. The molecular formula is C10H12FNO2. The van der Waals surface area contributed by atoms with E-state index in [0.29, 0.717) is 0 Å². The number of benzene rings is 1. The first-order valence-electron chi connectivity index (χ1n) is 4.29. The predicted octanol–water partition coefficient (Wildman–Crippen LogP) is 1.37. The lowest BCUT2D eigenvalue weighted by atomic mass is 10.0. The monoisotopic (exact) mass is 197 g/mol. The molecule has 0 atom stereocenters. The van der Waals surface area contributed by atoms with Crippen LogP contribution in [-0.4, -0.2) is 17.4 Å². The summed E-state index contributed by atoms with van der Waals surface area (Å²) in [6.07, 6.45) is 0.109. The van der Waals surface area contributed by atoms with Gasteiger partial charge in [-0.05, 0) is 31.2 Å². The normalized spacial score (nSPS) is 10.2. The van der Waals surface area contributed by atoms with Crippen LogP contribution in [0.5, 0.6) is 5.75 Å². The summed E-state index contributed by atoms with van der Waals surface area (Å²) in [6, 6.07) is 2.30. The molecule has 76 valence electrons. The molecule has 3 N–H and O–H groups in total. The molecule has 0 saturated carbocycles. The second-order valence-electron chi connectivity index (χ2n) is 3.03. The molecule has 0 aliphatic carbocycles. The van der Waals surface area contributed by atoms with E-state index in [9.17, 15) is 14.3 Å². The summed E-state index contributed by atoms with van der Waals surface area (Å²) in [5.41, 5.74) is 5.42. The van der Waals surface area contributed by atoms with E-state index >= 15 is 0 Å². The van der Waals surface area contributed by atoms with Crippen LogP contribution in [0.4, 0.5) is 4.39 Å². The number of halogens is 1. The van der Waals surface area contributed by atoms with Gasteiger partial charge in [0.25, 0.3) is 0 Å². The number of aromatic hydroxyl groups is 1. The number of phenols is 1. The number of Topliss-reactive ketones (excluding diaryl/α,β-unsaturated/α-hetero) is 1. The maximum Gasteiger partial charge on any atom is 0.168 e. The van der Waals surface area contributed by atoms with Gasteiger partial charge < -0.3 is 10.8 Å². The number of rotatable bonds is 3. The van der Waals surface area contributed by atoms with E-state index in [0.717, 1.165) is 6.07 Å². The molecule has 0 aliphatic heterocycles. The van der Waals surface area contributed by atoms with E-state index in [2.05, 4.69) is 0 Å². The number of phenolic OH excluding ortho intramolecular Hbond substituents is 1. The average Bonchev–Trinajstić information content (AvgIpc) is 2.13. The SMILES string of the molecule is Cc1c(F)ccc(O)c1C(=O)CCN. The van der Waals surface area contributed by atoms with E-state index < -0.39 is 5.82 Å². The van der Waals surface area contributed by atoms with Gasteiger partial charge in [0.05, 0.1) is 5.56 Å². The van der Waals surface area contributed by atoms with Gasteiger partial charge in [-0.2, -0.15) is 0 Å². The highest BCUT2D eigenvalue weighted by molar-refractivity contribution is 6.00. The largest absolute Gasteiger partial charge is 0.507 e. The second kappa shape index (κ2) is 4.19. The summed E-state index contributed by atoms with van der Waals surface area (Å²) in [5, 5.41) is 9.38. The van der Waals surface area contributed by atoms with Crippen molar-refractivity contribution in [1.29, 1.82) is 0 Å². The Kier molecular flexibility index (Phi) is 3.19. The molecule has 1 aromatic carbocycles. The van der Waals surface area contributed by atoms with E-state index in [4.69, 9.17) is 5.73 Å². The average molecular weight is 197 g/mol. The van der Waals surface area contributed by atoms with E-state index in [1.807, 2.05) is 0 Å².